The van der Waals surface area contributed by atoms with Gasteiger partial charge in [0.2, 0.25) is 19.9 Å². The number of primary sulfonamides is 1. The smallest absolute Gasteiger partial charge is 0.337 e. The summed E-state index contributed by atoms with van der Waals surface area (Å²) >= 11 is 0. The van der Waals surface area contributed by atoms with Crippen LogP contribution in [0.3, 0.4) is 0 Å². The van der Waals surface area contributed by atoms with Crippen LogP contribution in [0.5, 0.6) is 0 Å². The van der Waals surface area contributed by atoms with Gasteiger partial charge < -0.3 is 20.1 Å². The number of sulfonamides is 1. The summed E-state index contributed by atoms with van der Waals surface area (Å²) in [6.07, 6.45) is 0. The Hall–Kier alpha value is -3.26. The number of amides is 1. The number of aliphatic hydroxyl groups is 1. The minimum atomic E-state index is -4.23. The van der Waals surface area contributed by atoms with E-state index in [4.69, 9.17) is 9.88 Å². The number of hydrogen-bond acceptors (Lipinski definition) is 9. The number of aryl methyl sites for hydroxylation is 1. The maximum Gasteiger partial charge on any atom is 0.337 e. The predicted molar refractivity (Wildman–Crippen MR) is 121 cm³/mol. The minimum absolute atomic E-state index is 0.0636. The monoisotopic (exact) mass is 509 g/mol. The third-order valence-electron chi connectivity index (χ3n) is 5.11. The van der Waals surface area contributed by atoms with E-state index in [1.807, 2.05) is 0 Å². The number of ether oxygens (including phenoxy) is 1. The number of benzene rings is 2. The van der Waals surface area contributed by atoms with Crippen LogP contribution in [0.2, 0.25) is 0 Å². The highest BCUT2D eigenvalue weighted by molar-refractivity contribution is 7.91. The van der Waals surface area contributed by atoms with E-state index in [-0.39, 0.29) is 46.4 Å². The van der Waals surface area contributed by atoms with Crippen LogP contribution < -0.4 is 10.5 Å². The average Bonchev–Trinajstić information content (AvgIpc) is 3.08. The van der Waals surface area contributed by atoms with E-state index in [1.165, 1.54) is 12.1 Å². The van der Waals surface area contributed by atoms with Crippen molar-refractivity contribution in [3.05, 3.63) is 59.3 Å². The summed E-state index contributed by atoms with van der Waals surface area (Å²) in [5, 5.41) is 17.0. The van der Waals surface area contributed by atoms with Crippen molar-refractivity contribution in [2.24, 2.45) is 5.14 Å². The van der Waals surface area contributed by atoms with Gasteiger partial charge in [-0.3, -0.25) is 4.79 Å². The topological polar surface area (TPSA) is 173 Å². The van der Waals surface area contributed by atoms with Gasteiger partial charge in [-0.1, -0.05) is 17.7 Å². The normalized spacial score (nSPS) is 14.5. The number of β-amino-alcohol motifs (C(OH)–C–C–N with tert-alkyl or cyclic N) is 1. The molecular weight excluding hydrogens is 486 g/mol. The number of rotatable bonds is 8. The zero-order valence-corrected chi connectivity index (χ0v) is 19.9. The van der Waals surface area contributed by atoms with Crippen LogP contribution in [-0.2, 0) is 34.2 Å². The van der Waals surface area contributed by atoms with Crippen molar-refractivity contribution in [1.29, 1.82) is 0 Å². The average molecular weight is 510 g/mol. The SMILES string of the molecule is COC(=O)C1=C(Nc2cc(S(N)(=O)=O)ccc2S(=O)(=O)c2ccc(C)cc2)C(=O)N(CCO)C1. The Labute approximate surface area is 196 Å². The third-order valence-corrected chi connectivity index (χ3v) is 7.85. The molecule has 0 fully saturated rings. The number of esters is 1. The maximum atomic E-state index is 13.4. The fraction of sp³-hybridized carbons (Fsp3) is 0.238. The Morgan fingerprint density at radius 1 is 1.12 bits per heavy atom. The van der Waals surface area contributed by atoms with Gasteiger partial charge in [-0.05, 0) is 37.3 Å². The lowest BCUT2D eigenvalue weighted by molar-refractivity contribution is -0.136. The summed E-state index contributed by atoms with van der Waals surface area (Å²) in [5.41, 5.74) is 0.144. The van der Waals surface area contributed by atoms with Crippen LogP contribution >= 0.6 is 0 Å². The molecule has 2 aromatic rings. The lowest BCUT2D eigenvalue weighted by Crippen LogP contribution is -2.31. The molecule has 4 N–H and O–H groups in total. The highest BCUT2D eigenvalue weighted by Crippen LogP contribution is 2.32. The van der Waals surface area contributed by atoms with Crippen molar-refractivity contribution < 1.29 is 36.3 Å². The van der Waals surface area contributed by atoms with Crippen molar-refractivity contribution in [1.82, 2.24) is 4.90 Å². The van der Waals surface area contributed by atoms with Crippen molar-refractivity contribution >= 4 is 37.4 Å². The molecule has 0 atom stereocenters. The van der Waals surface area contributed by atoms with Crippen molar-refractivity contribution in [2.45, 2.75) is 21.6 Å². The first-order valence-corrected chi connectivity index (χ1v) is 12.9. The maximum absolute atomic E-state index is 13.4. The molecule has 0 radical (unpaired) electrons. The standard InChI is InChI=1S/C21H23N3O8S2/c1-13-3-5-14(6-4-13)33(28,29)18-8-7-15(34(22,30)31)11-17(18)23-19-16(21(27)32-2)12-24(9-10-25)20(19)26/h3-8,11,23,25H,9-10,12H2,1-2H3,(H2,22,30,31). The number of sulfone groups is 1. The second-order valence-corrected chi connectivity index (χ2v) is 10.9. The van der Waals surface area contributed by atoms with Crippen LogP contribution in [0, 0.1) is 6.92 Å². The second-order valence-electron chi connectivity index (χ2n) is 7.44. The largest absolute Gasteiger partial charge is 0.466 e. The number of nitrogens with zero attached hydrogens (tertiary/aromatic N) is 1. The summed E-state index contributed by atoms with van der Waals surface area (Å²) in [6.45, 7) is 1.13. The summed E-state index contributed by atoms with van der Waals surface area (Å²) < 4.78 is 55.3. The van der Waals surface area contributed by atoms with E-state index in [0.717, 1.165) is 35.8 Å². The van der Waals surface area contributed by atoms with Gasteiger partial charge in [-0.2, -0.15) is 0 Å². The first kappa shape index (κ1) is 25.4. The summed E-state index contributed by atoms with van der Waals surface area (Å²) in [7, 11) is -7.29. The summed E-state index contributed by atoms with van der Waals surface area (Å²) in [6, 6.07) is 9.05. The van der Waals surface area contributed by atoms with Crippen LogP contribution in [-0.4, -0.2) is 65.5 Å². The van der Waals surface area contributed by atoms with Gasteiger partial charge in [-0.25, -0.2) is 26.8 Å². The molecule has 1 heterocycles. The zero-order valence-electron chi connectivity index (χ0n) is 18.3. The molecule has 0 aromatic heterocycles. The molecule has 0 spiro atoms. The van der Waals surface area contributed by atoms with Gasteiger partial charge in [0.15, 0.2) is 0 Å². The summed E-state index contributed by atoms with van der Waals surface area (Å²) in [5.74, 6) is -1.55. The van der Waals surface area contributed by atoms with E-state index in [9.17, 15) is 31.5 Å². The molecule has 0 saturated heterocycles. The Bertz CT molecular complexity index is 1380. The van der Waals surface area contributed by atoms with Gasteiger partial charge >= 0.3 is 5.97 Å². The number of nitrogens with two attached hydrogens (primary N) is 1. The van der Waals surface area contributed by atoms with Gasteiger partial charge in [-0.15, -0.1) is 0 Å². The van der Waals surface area contributed by atoms with Gasteiger partial charge in [0.25, 0.3) is 5.91 Å². The van der Waals surface area contributed by atoms with Crippen LogP contribution in [0.4, 0.5) is 5.69 Å². The van der Waals surface area contributed by atoms with E-state index < -0.39 is 36.6 Å². The highest BCUT2D eigenvalue weighted by atomic mass is 32.2. The number of anilines is 1. The van der Waals surface area contributed by atoms with E-state index in [1.54, 1.807) is 19.1 Å². The molecule has 0 aliphatic carbocycles. The Kier molecular flexibility index (Phi) is 7.12. The molecule has 13 heteroatoms. The number of carbonyl (C=O) groups is 2. The Balaban J connectivity index is 2.20. The molecule has 11 nitrogen and oxygen atoms in total. The number of carbonyl (C=O) groups excluding carboxylic acids is 2. The highest BCUT2D eigenvalue weighted by Gasteiger charge is 2.35. The minimum Gasteiger partial charge on any atom is -0.466 e. The van der Waals surface area contributed by atoms with Gasteiger partial charge in [0, 0.05) is 6.54 Å². The lowest BCUT2D eigenvalue weighted by Gasteiger charge is -2.17. The Morgan fingerprint density at radius 3 is 2.29 bits per heavy atom. The summed E-state index contributed by atoms with van der Waals surface area (Å²) in [4.78, 5) is 25.5. The number of hydrogen-bond donors (Lipinski definition) is 3. The predicted octanol–water partition coefficient (Wildman–Crippen LogP) is 0.149. The molecule has 182 valence electrons. The van der Waals surface area contributed by atoms with Gasteiger partial charge in [0.1, 0.15) is 5.70 Å². The van der Waals surface area contributed by atoms with E-state index in [2.05, 4.69) is 5.32 Å². The molecule has 1 amide bonds. The molecule has 34 heavy (non-hydrogen) atoms. The fourth-order valence-corrected chi connectivity index (χ4v) is 5.28. The number of nitrogens with one attached hydrogen (secondary N) is 1. The van der Waals surface area contributed by atoms with Crippen molar-refractivity contribution in [3.63, 3.8) is 0 Å². The van der Waals surface area contributed by atoms with Crippen molar-refractivity contribution in [3.8, 4) is 0 Å². The molecule has 0 saturated carbocycles. The molecular formula is C21H23N3O8S2. The molecule has 2 aromatic carbocycles. The van der Waals surface area contributed by atoms with Crippen LogP contribution in [0.1, 0.15) is 5.56 Å². The Morgan fingerprint density at radius 2 is 1.74 bits per heavy atom. The zero-order chi connectivity index (χ0) is 25.3. The van der Waals surface area contributed by atoms with Gasteiger partial charge in [0.05, 0.1) is 46.2 Å². The molecule has 1 aliphatic rings. The fourth-order valence-electron chi connectivity index (χ4n) is 3.35. The lowest BCUT2D eigenvalue weighted by atomic mass is 10.2. The first-order chi connectivity index (χ1) is 15.9. The molecule has 0 bridgehead atoms. The number of aliphatic hydroxyl groups excluding tert-OH is 1. The van der Waals surface area contributed by atoms with Crippen LogP contribution in [0.25, 0.3) is 0 Å². The van der Waals surface area contributed by atoms with Crippen LogP contribution in [0.15, 0.2) is 68.4 Å². The first-order valence-electron chi connectivity index (χ1n) is 9.87. The third kappa shape index (κ3) is 4.97. The van der Waals surface area contributed by atoms with Crippen molar-refractivity contribution in [2.75, 3.05) is 32.1 Å². The van der Waals surface area contributed by atoms with E-state index >= 15 is 0 Å². The quantitative estimate of drug-likeness (QED) is 0.419. The number of methoxy groups -OCH3 is 1. The molecule has 0 unspecified atom stereocenters. The van der Waals surface area contributed by atoms with E-state index in [0.29, 0.717) is 0 Å². The molecule has 3 rings (SSSR count). The second kappa shape index (κ2) is 9.54. The molecule has 1 aliphatic heterocycles.